The Balaban J connectivity index is 1.74. The van der Waals surface area contributed by atoms with Crippen LogP contribution >= 0.6 is 11.6 Å². The van der Waals surface area contributed by atoms with E-state index in [4.69, 9.17) is 11.6 Å². The average molecular weight is 426 g/mol. The molecule has 0 amide bonds. The average Bonchev–Trinajstić information content (AvgIpc) is 3.20. The highest BCUT2D eigenvalue weighted by Gasteiger charge is 2.24. The highest BCUT2D eigenvalue weighted by atomic mass is 35.5. The minimum absolute atomic E-state index is 0.114. The summed E-state index contributed by atoms with van der Waals surface area (Å²) >= 11 is 5.92. The monoisotopic (exact) mass is 425 g/mol. The van der Waals surface area contributed by atoms with Gasteiger partial charge in [-0.1, -0.05) is 41.9 Å². The normalized spacial score (nSPS) is 11.3. The molecule has 29 heavy (non-hydrogen) atoms. The maximum atomic E-state index is 13.1. The summed E-state index contributed by atoms with van der Waals surface area (Å²) in [6.45, 7) is 0.354. The van der Waals surface area contributed by atoms with Gasteiger partial charge in [-0.05, 0) is 42.0 Å². The van der Waals surface area contributed by atoms with Gasteiger partial charge in [0.05, 0.1) is 4.90 Å². The minimum Gasteiger partial charge on any atom is -0.349 e. The van der Waals surface area contributed by atoms with E-state index in [1.54, 1.807) is 54.9 Å². The molecule has 0 atom stereocenters. The highest BCUT2D eigenvalue weighted by molar-refractivity contribution is 7.90. The first kappa shape index (κ1) is 19.1. The first-order chi connectivity index (χ1) is 14.0. The molecule has 2 heterocycles. The van der Waals surface area contributed by atoms with Crippen LogP contribution in [0.3, 0.4) is 0 Å². The summed E-state index contributed by atoms with van der Waals surface area (Å²) in [5, 5.41) is 7.94. The Bertz CT molecular complexity index is 1210. The lowest BCUT2D eigenvalue weighted by molar-refractivity contribution is 0.580. The Morgan fingerprint density at radius 1 is 0.966 bits per heavy atom. The first-order valence-corrected chi connectivity index (χ1v) is 10.5. The Kier molecular flexibility index (Phi) is 5.28. The lowest BCUT2D eigenvalue weighted by Crippen LogP contribution is -2.18. The maximum absolute atomic E-state index is 13.1. The molecule has 146 valence electrons. The van der Waals surface area contributed by atoms with Crippen molar-refractivity contribution < 1.29 is 8.42 Å². The van der Waals surface area contributed by atoms with E-state index in [2.05, 4.69) is 20.4 Å². The van der Waals surface area contributed by atoms with Gasteiger partial charge in [-0.15, -0.1) is 9.19 Å². The fourth-order valence-electron chi connectivity index (χ4n) is 2.67. The summed E-state index contributed by atoms with van der Waals surface area (Å²) < 4.78 is 27.2. The molecule has 0 saturated heterocycles. The fourth-order valence-corrected chi connectivity index (χ4v) is 4.01. The van der Waals surface area contributed by atoms with Crippen molar-refractivity contribution in [2.24, 2.45) is 0 Å². The lowest BCUT2D eigenvalue weighted by atomic mass is 10.2. The highest BCUT2D eigenvalue weighted by Crippen LogP contribution is 2.22. The van der Waals surface area contributed by atoms with Crippen LogP contribution < -0.4 is 5.32 Å². The van der Waals surface area contributed by atoms with Crippen molar-refractivity contribution in [2.75, 3.05) is 5.32 Å². The number of rotatable bonds is 6. The summed E-state index contributed by atoms with van der Waals surface area (Å²) in [7, 11) is -3.93. The van der Waals surface area contributed by atoms with E-state index in [9.17, 15) is 8.42 Å². The first-order valence-electron chi connectivity index (χ1n) is 8.70. The van der Waals surface area contributed by atoms with Gasteiger partial charge < -0.3 is 5.32 Å². The molecule has 0 aliphatic heterocycles. The maximum Gasteiger partial charge on any atom is 0.286 e. The Morgan fingerprint density at radius 3 is 2.41 bits per heavy atom. The molecule has 4 aromatic rings. The van der Waals surface area contributed by atoms with Crippen LogP contribution in [0.1, 0.15) is 5.56 Å². The standard InChI is InChI=1S/C20H16ClN5O2S/c21-17-10-8-15(9-11-17)13-23-20-24-19(16-5-4-12-22-14-16)25-26(20)29(27,28)18-6-2-1-3-7-18/h1-12,14H,13H2,(H,23,24,25). The predicted molar refractivity (Wildman–Crippen MR) is 111 cm³/mol. The van der Waals surface area contributed by atoms with E-state index in [0.29, 0.717) is 17.1 Å². The van der Waals surface area contributed by atoms with Crippen LogP contribution in [0.4, 0.5) is 5.95 Å². The van der Waals surface area contributed by atoms with Gasteiger partial charge in [-0.2, -0.15) is 13.4 Å². The third-order valence-electron chi connectivity index (χ3n) is 4.13. The molecule has 0 bridgehead atoms. The molecule has 1 N–H and O–H groups in total. The molecule has 0 radical (unpaired) electrons. The zero-order valence-corrected chi connectivity index (χ0v) is 16.7. The zero-order chi connectivity index (χ0) is 20.3. The molecule has 2 aromatic carbocycles. The molecule has 0 saturated carbocycles. The third kappa shape index (κ3) is 4.13. The van der Waals surface area contributed by atoms with E-state index in [0.717, 1.165) is 9.65 Å². The number of aromatic nitrogens is 4. The summed E-state index contributed by atoms with van der Waals surface area (Å²) in [4.78, 5) is 8.57. The van der Waals surface area contributed by atoms with E-state index in [1.165, 1.54) is 12.1 Å². The van der Waals surface area contributed by atoms with Gasteiger partial charge in [0.15, 0.2) is 5.82 Å². The molecular formula is C20H16ClN5O2S. The van der Waals surface area contributed by atoms with Crippen molar-refractivity contribution in [3.63, 3.8) is 0 Å². The minimum atomic E-state index is -3.93. The lowest BCUT2D eigenvalue weighted by Gasteiger charge is -2.09. The van der Waals surface area contributed by atoms with Crippen LogP contribution in [-0.4, -0.2) is 27.6 Å². The molecule has 2 aromatic heterocycles. The van der Waals surface area contributed by atoms with E-state index >= 15 is 0 Å². The molecular weight excluding hydrogens is 410 g/mol. The van der Waals surface area contributed by atoms with Crippen molar-refractivity contribution in [1.29, 1.82) is 0 Å². The second-order valence-corrected chi connectivity index (χ2v) is 8.35. The Labute approximate surface area is 173 Å². The second-order valence-electron chi connectivity index (χ2n) is 6.14. The van der Waals surface area contributed by atoms with E-state index in [-0.39, 0.29) is 16.7 Å². The predicted octanol–water partition coefficient (Wildman–Crippen LogP) is 3.84. The van der Waals surface area contributed by atoms with E-state index in [1.807, 2.05) is 12.1 Å². The van der Waals surface area contributed by atoms with Gasteiger partial charge in [0, 0.05) is 29.5 Å². The summed E-state index contributed by atoms with van der Waals surface area (Å²) in [5.41, 5.74) is 1.54. The van der Waals surface area contributed by atoms with Crippen LogP contribution in [-0.2, 0) is 16.6 Å². The quantitative estimate of drug-likeness (QED) is 0.504. The molecule has 4 rings (SSSR count). The molecule has 0 aliphatic rings. The van der Waals surface area contributed by atoms with Crippen molar-refractivity contribution in [2.45, 2.75) is 11.4 Å². The third-order valence-corrected chi connectivity index (χ3v) is 5.96. The van der Waals surface area contributed by atoms with Crippen molar-refractivity contribution in [3.8, 4) is 11.4 Å². The molecule has 0 spiro atoms. The summed E-state index contributed by atoms with van der Waals surface area (Å²) in [6, 6.07) is 18.9. The van der Waals surface area contributed by atoms with Crippen molar-refractivity contribution >= 4 is 27.6 Å². The van der Waals surface area contributed by atoms with Crippen LogP contribution in [0.15, 0.2) is 84.0 Å². The number of hydrogen-bond acceptors (Lipinski definition) is 6. The van der Waals surface area contributed by atoms with Crippen molar-refractivity contribution in [3.05, 3.63) is 89.7 Å². The molecule has 0 fully saturated rings. The van der Waals surface area contributed by atoms with Crippen LogP contribution in [0, 0.1) is 0 Å². The molecule has 0 aliphatic carbocycles. The fraction of sp³-hybridized carbons (Fsp3) is 0.0500. The number of anilines is 1. The number of nitrogens with zero attached hydrogens (tertiary/aromatic N) is 4. The van der Waals surface area contributed by atoms with Gasteiger partial charge in [0.1, 0.15) is 0 Å². The summed E-state index contributed by atoms with van der Waals surface area (Å²) in [5.74, 6) is 0.374. The number of hydrogen-bond donors (Lipinski definition) is 1. The number of pyridine rings is 1. The SMILES string of the molecule is O=S(=O)(c1ccccc1)n1nc(-c2cccnc2)nc1NCc1ccc(Cl)cc1. The molecule has 0 unspecified atom stereocenters. The van der Waals surface area contributed by atoms with Gasteiger partial charge in [-0.25, -0.2) is 0 Å². The summed E-state index contributed by atoms with van der Waals surface area (Å²) in [6.07, 6.45) is 3.21. The largest absolute Gasteiger partial charge is 0.349 e. The van der Waals surface area contributed by atoms with Gasteiger partial charge in [-0.3, -0.25) is 4.98 Å². The molecule has 7 nitrogen and oxygen atoms in total. The second kappa shape index (κ2) is 8.02. The smallest absolute Gasteiger partial charge is 0.286 e. The number of benzene rings is 2. The van der Waals surface area contributed by atoms with Crippen LogP contribution in [0.5, 0.6) is 0 Å². The van der Waals surface area contributed by atoms with Gasteiger partial charge >= 0.3 is 0 Å². The van der Waals surface area contributed by atoms with E-state index < -0.39 is 10.0 Å². The zero-order valence-electron chi connectivity index (χ0n) is 15.1. The van der Waals surface area contributed by atoms with Crippen molar-refractivity contribution in [1.82, 2.24) is 19.2 Å². The number of halogens is 1. The number of nitrogens with one attached hydrogen (secondary N) is 1. The molecule has 9 heteroatoms. The Hall–Kier alpha value is -3.23. The van der Waals surface area contributed by atoms with Gasteiger partial charge in [0.2, 0.25) is 5.95 Å². The Morgan fingerprint density at radius 2 is 1.72 bits per heavy atom. The van der Waals surface area contributed by atoms with Gasteiger partial charge in [0.25, 0.3) is 10.0 Å². The van der Waals surface area contributed by atoms with Crippen LogP contribution in [0.25, 0.3) is 11.4 Å². The van der Waals surface area contributed by atoms with Crippen LogP contribution in [0.2, 0.25) is 5.02 Å². The topological polar surface area (TPSA) is 89.8 Å².